The minimum Gasteiger partial charge on any atom is -0.480 e. The number of carbonyl (C=O) groups excluding carboxylic acids is 3. The quantitative estimate of drug-likeness (QED) is 0.0132. The van der Waals surface area contributed by atoms with Crippen LogP contribution in [0.25, 0.3) is 10.9 Å². The largest absolute Gasteiger partial charge is 0.480 e. The molecular weight excluding hydrogens is 1350 g/mol. The molecule has 0 amide bonds. The number of unbranched alkanes of at least 4 members (excludes halogenated alkanes) is 18. The third-order valence-electron chi connectivity index (χ3n) is 10.9. The van der Waals surface area contributed by atoms with Crippen molar-refractivity contribution in [1.29, 1.82) is 0 Å². The van der Waals surface area contributed by atoms with E-state index in [2.05, 4.69) is 130 Å². The predicted octanol–water partition coefficient (Wildman–Crippen LogP) is 9.95. The first kappa shape index (κ1) is 89.8. The molecule has 1 heterocycles. The van der Waals surface area contributed by atoms with Gasteiger partial charge < -0.3 is 30.2 Å². The van der Waals surface area contributed by atoms with Crippen molar-refractivity contribution < 1.29 is 195 Å². The molecule has 8 N–H and O–H groups in total. The Hall–Kier alpha value is -2.93. The number of aromatic nitrogens is 1. The van der Waals surface area contributed by atoms with Gasteiger partial charge in [0.05, 0.1) is 32.1 Å². The zero-order valence-corrected chi connectivity index (χ0v) is 51.7. The molecule has 2 aromatic rings. The summed E-state index contributed by atoms with van der Waals surface area (Å²) in [5, 5.41) is 111. The normalized spacial score (nSPS) is 11.3. The van der Waals surface area contributed by atoms with Crippen LogP contribution in [-0.2, 0) is 175 Å². The Balaban J connectivity index is -0.000000355. The summed E-state index contributed by atoms with van der Waals surface area (Å²) in [6.45, 7) is 11.8. The van der Waals surface area contributed by atoms with Gasteiger partial charge in [0, 0.05) is 76.2 Å². The predicted molar refractivity (Wildman–Crippen MR) is 273 cm³/mol. The first-order chi connectivity index (χ1) is 39.4. The second-order valence-corrected chi connectivity index (χ2v) is 17.4. The molecule has 1 radical (unpaired) electrons. The van der Waals surface area contributed by atoms with Crippen LogP contribution in [0.2, 0.25) is 0 Å². The van der Waals surface area contributed by atoms with Gasteiger partial charge >= 0.3 is 17.9 Å². The van der Waals surface area contributed by atoms with Crippen LogP contribution in [0.5, 0.6) is 0 Å². The van der Waals surface area contributed by atoms with Gasteiger partial charge in [0.2, 0.25) is 0 Å². The monoisotopic (exact) mass is 1440 g/mol. The van der Waals surface area contributed by atoms with E-state index in [1.54, 1.807) is 6.92 Å². The van der Waals surface area contributed by atoms with E-state index in [9.17, 15) is 24.3 Å². The second-order valence-electron chi connectivity index (χ2n) is 17.4. The Morgan fingerprint density at radius 1 is 0.512 bits per heavy atom. The van der Waals surface area contributed by atoms with Crippen LogP contribution in [0, 0.1) is 5.92 Å². The maximum absolute atomic E-state index is 11.9. The van der Waals surface area contributed by atoms with E-state index < -0.39 is 12.0 Å². The number of esters is 2. The van der Waals surface area contributed by atoms with Crippen LogP contribution in [0.15, 0.2) is 30.5 Å². The standard InChI is InChI=1S/C26H40N2O4.C21H41NO3.CH4.2H2O12.V.W/c1-2-3-4-5-6-7-8-9-10-13-18-32-25(29)16-17-27-24(26(30)31)19-21-20-28-23-15-12-11-14-22(21)23;1-5-6-7-8-9-10-11-12-13-14-17-25-20(24)15-16-22-21(18(2)3)19(4)23;;2*1-3-5-7-9-11-12-10-8-6-4-2;;/h11-12,14-15,20,24,27-28H,2-10,13,16-19H2,1H3,(H,30,31);18,21-22H,5-17H2,1-4H3;1H4;2*1-2H;;. The fourth-order valence-electron chi connectivity index (χ4n) is 7.18. The molecule has 0 saturated heterocycles. The van der Waals surface area contributed by atoms with E-state index in [0.29, 0.717) is 32.6 Å². The Bertz CT molecular complexity index is 1680. The molecule has 2 unspecified atom stereocenters. The molecule has 36 heteroatoms. The molecule has 34 nitrogen and oxygen atoms in total. The van der Waals surface area contributed by atoms with Gasteiger partial charge in [-0.2, -0.15) is 0 Å². The fraction of sp³-hybridized carbons (Fsp3) is 0.750. The van der Waals surface area contributed by atoms with E-state index in [-0.39, 0.29) is 89.7 Å². The van der Waals surface area contributed by atoms with E-state index in [1.807, 2.05) is 44.3 Å². The van der Waals surface area contributed by atoms with Gasteiger partial charge in [0.1, 0.15) is 11.8 Å². The molecule has 1 aromatic carbocycles. The van der Waals surface area contributed by atoms with E-state index in [4.69, 9.17) is 30.5 Å². The summed E-state index contributed by atoms with van der Waals surface area (Å²) in [4.78, 5) is 49.9. The van der Waals surface area contributed by atoms with E-state index >= 15 is 0 Å². The Morgan fingerprint density at radius 2 is 0.845 bits per heavy atom. The molecular formula is C48H89N3O31VW. The number of H-pyrrole nitrogens is 1. The zero-order chi connectivity index (χ0) is 60.1. The summed E-state index contributed by atoms with van der Waals surface area (Å²) in [6, 6.07) is 6.90. The van der Waals surface area contributed by atoms with Crippen LogP contribution in [0.3, 0.4) is 0 Å². The number of rotatable bonds is 53. The van der Waals surface area contributed by atoms with Crippen molar-refractivity contribution in [3.63, 3.8) is 0 Å². The number of carboxylic acid groups (broad SMARTS) is 1. The molecule has 1 aromatic heterocycles. The summed E-state index contributed by atoms with van der Waals surface area (Å²) in [5.74, 6) is -1.01. The molecule has 0 aliphatic heterocycles. The second kappa shape index (κ2) is 70.8. The van der Waals surface area contributed by atoms with Gasteiger partial charge in [-0.25, -0.2) is 21.0 Å². The van der Waals surface area contributed by atoms with E-state index in [1.165, 1.54) is 103 Å². The van der Waals surface area contributed by atoms with Crippen molar-refractivity contribution in [2.45, 2.75) is 202 Å². The number of ketones is 1. The molecule has 0 aliphatic rings. The van der Waals surface area contributed by atoms with Crippen LogP contribution < -0.4 is 10.6 Å². The van der Waals surface area contributed by atoms with Gasteiger partial charge in [-0.1, -0.05) is 169 Å². The first-order valence-electron chi connectivity index (χ1n) is 26.4. The van der Waals surface area contributed by atoms with Gasteiger partial charge in [0.15, 0.2) is 0 Å². The number of fused-ring (bicyclic) bond motifs is 1. The van der Waals surface area contributed by atoms with Crippen LogP contribution in [-0.4, -0.2) is 93.2 Å². The van der Waals surface area contributed by atoms with Gasteiger partial charge in [-0.05, 0) is 138 Å². The number of para-hydroxylation sites is 1. The van der Waals surface area contributed by atoms with Crippen molar-refractivity contribution in [2.24, 2.45) is 5.92 Å². The minimum atomic E-state index is -0.922. The SMILES string of the molecule is C.CCCCCCCCCCCCOC(=O)CCNC(C(C)=O)C(C)C.CCCCCCCCCCCCOC(=O)CCNC(Cc1c[nH]c2ccccc12)C(=O)O.OOOOOOOOOOOO.OOOOOOOOOOOO.[V].[W]. The molecule has 0 bridgehead atoms. The van der Waals surface area contributed by atoms with E-state index in [0.717, 1.165) is 42.1 Å². The molecule has 2 rings (SSSR count). The zero-order valence-electron chi connectivity index (χ0n) is 47.4. The number of hydrogen-bond donors (Lipinski definition) is 8. The first-order valence-corrected chi connectivity index (χ1v) is 26.4. The van der Waals surface area contributed by atoms with Crippen molar-refractivity contribution >= 4 is 34.6 Å². The number of carbonyl (C=O) groups is 4. The van der Waals surface area contributed by atoms with Gasteiger partial charge in [0.25, 0.3) is 0 Å². The van der Waals surface area contributed by atoms with Crippen LogP contribution in [0.1, 0.15) is 189 Å². The Kier molecular flexibility index (Phi) is 75.7. The summed E-state index contributed by atoms with van der Waals surface area (Å²) in [5.41, 5.74) is 1.94. The van der Waals surface area contributed by atoms with Crippen LogP contribution >= 0.6 is 0 Å². The summed E-state index contributed by atoms with van der Waals surface area (Å²) >= 11 is 0. The fourth-order valence-corrected chi connectivity index (χ4v) is 7.18. The molecule has 0 saturated carbocycles. The maximum atomic E-state index is 11.9. The van der Waals surface area contributed by atoms with Crippen molar-refractivity contribution in [1.82, 2.24) is 15.6 Å². The Labute approximate surface area is 513 Å². The number of aromatic amines is 1. The molecule has 2 atom stereocenters. The van der Waals surface area contributed by atoms with Crippen molar-refractivity contribution in [3.8, 4) is 0 Å². The van der Waals surface area contributed by atoms with Gasteiger partial charge in [-0.3, -0.25) is 19.2 Å². The maximum Gasteiger partial charge on any atom is 0.321 e. The number of benzene rings is 1. The van der Waals surface area contributed by atoms with Gasteiger partial charge in [-0.15, -0.1) is 0 Å². The Morgan fingerprint density at radius 3 is 1.18 bits per heavy atom. The average molecular weight is 1440 g/mol. The number of ether oxygens (including phenoxy) is 2. The number of Topliss-reactive ketones (excluding diaryl/α,β-unsaturated/α-hetero) is 1. The molecule has 0 spiro atoms. The molecule has 0 aliphatic carbocycles. The number of nitrogens with one attached hydrogen (secondary N) is 3. The minimum absolute atomic E-state index is 0. The smallest absolute Gasteiger partial charge is 0.321 e. The third kappa shape index (κ3) is 60.7. The van der Waals surface area contributed by atoms with Crippen LogP contribution in [0.4, 0.5) is 0 Å². The topological polar surface area (TPSA) is 412 Å². The third-order valence-corrected chi connectivity index (χ3v) is 10.9. The molecule has 84 heavy (non-hydrogen) atoms. The number of carboxylic acids is 1. The molecule has 0 fully saturated rings. The van der Waals surface area contributed by atoms with Crippen molar-refractivity contribution in [3.05, 3.63) is 36.0 Å². The summed E-state index contributed by atoms with van der Waals surface area (Å²) in [7, 11) is 0. The number of hydrogen-bond acceptors (Lipinski definition) is 32. The summed E-state index contributed by atoms with van der Waals surface area (Å²) < 4.78 is 10.5. The molecule has 493 valence electrons. The summed E-state index contributed by atoms with van der Waals surface area (Å²) in [6.07, 6.45) is 27.9. The number of aliphatic carboxylic acids is 1. The van der Waals surface area contributed by atoms with Crippen molar-refractivity contribution in [2.75, 3.05) is 26.3 Å². The average Bonchev–Trinajstić information content (AvgIpc) is 4.06.